The molecule has 8 heteroatoms. The second-order valence-corrected chi connectivity index (χ2v) is 5.33. The van der Waals surface area contributed by atoms with E-state index >= 15 is 0 Å². The highest BCUT2D eigenvalue weighted by molar-refractivity contribution is 7.98. The Morgan fingerprint density at radius 2 is 2.47 bits per heavy atom. The number of rotatable bonds is 4. The normalized spacial score (nSPS) is 10.2. The van der Waals surface area contributed by atoms with Crippen LogP contribution in [-0.2, 0) is 6.54 Å². The molecule has 0 spiro atoms. The van der Waals surface area contributed by atoms with Crippen LogP contribution in [0.25, 0.3) is 0 Å². The zero-order valence-electron chi connectivity index (χ0n) is 8.97. The maximum absolute atomic E-state index is 11.5. The van der Waals surface area contributed by atoms with Gasteiger partial charge in [-0.2, -0.15) is 20.7 Å². The molecular formula is C9H10N4OS3. The fourth-order valence-corrected chi connectivity index (χ4v) is 2.85. The molecule has 5 nitrogen and oxygen atoms in total. The van der Waals surface area contributed by atoms with Gasteiger partial charge < -0.3 is 5.32 Å². The summed E-state index contributed by atoms with van der Waals surface area (Å²) in [6.45, 7) is 0.517. The van der Waals surface area contributed by atoms with Crippen molar-refractivity contribution in [2.75, 3.05) is 11.6 Å². The first-order valence-electron chi connectivity index (χ1n) is 4.71. The zero-order valence-corrected chi connectivity index (χ0v) is 11.4. The zero-order chi connectivity index (χ0) is 12.1. The Labute approximate surface area is 111 Å². The lowest BCUT2D eigenvalue weighted by Crippen LogP contribution is -2.27. The van der Waals surface area contributed by atoms with Crippen molar-refractivity contribution in [3.63, 3.8) is 0 Å². The Bertz CT molecular complexity index is 482. The van der Waals surface area contributed by atoms with Gasteiger partial charge in [-0.1, -0.05) is 11.8 Å². The molecule has 17 heavy (non-hydrogen) atoms. The lowest BCUT2D eigenvalue weighted by Gasteiger charge is -2.02. The molecule has 0 radical (unpaired) electrons. The van der Waals surface area contributed by atoms with Crippen molar-refractivity contribution in [2.24, 2.45) is 0 Å². The number of thiophene rings is 1. The molecule has 0 atom stereocenters. The maximum atomic E-state index is 11.5. The highest BCUT2D eigenvalue weighted by Gasteiger charge is 2.06. The van der Waals surface area contributed by atoms with Gasteiger partial charge in [-0.25, -0.2) is 4.79 Å². The molecular weight excluding hydrogens is 276 g/mol. The third kappa shape index (κ3) is 3.69. The second kappa shape index (κ2) is 5.99. The molecule has 0 aliphatic carbocycles. The number of carbonyl (C=O) groups is 1. The number of hydrogen-bond acceptors (Lipinski definition) is 6. The SMILES string of the molecule is CSc1nsc(NC(=O)NCc2ccsc2)n1. The topological polar surface area (TPSA) is 66.9 Å². The summed E-state index contributed by atoms with van der Waals surface area (Å²) in [6, 6.07) is 1.71. The second-order valence-electron chi connectivity index (χ2n) is 3.03. The van der Waals surface area contributed by atoms with Crippen LogP contribution in [0.4, 0.5) is 9.93 Å². The first-order valence-corrected chi connectivity index (χ1v) is 7.65. The fraction of sp³-hybridized carbons (Fsp3) is 0.222. The first-order chi connectivity index (χ1) is 8.28. The Hall–Kier alpha value is -1.12. The van der Waals surface area contributed by atoms with E-state index in [4.69, 9.17) is 0 Å². The summed E-state index contributed by atoms with van der Waals surface area (Å²) >= 11 is 4.23. The van der Waals surface area contributed by atoms with E-state index in [-0.39, 0.29) is 6.03 Å². The maximum Gasteiger partial charge on any atom is 0.321 e. The third-order valence-electron chi connectivity index (χ3n) is 1.84. The molecule has 2 aromatic heterocycles. The van der Waals surface area contributed by atoms with Crippen molar-refractivity contribution >= 4 is 45.8 Å². The first kappa shape index (κ1) is 12.3. The average molecular weight is 286 g/mol. The summed E-state index contributed by atoms with van der Waals surface area (Å²) in [5.41, 5.74) is 1.09. The van der Waals surface area contributed by atoms with Crippen molar-refractivity contribution < 1.29 is 4.79 Å². The molecule has 2 rings (SSSR count). The van der Waals surface area contributed by atoms with Gasteiger partial charge in [-0.15, -0.1) is 0 Å². The van der Waals surface area contributed by atoms with Gasteiger partial charge in [0.05, 0.1) is 0 Å². The lowest BCUT2D eigenvalue weighted by molar-refractivity contribution is 0.251. The van der Waals surface area contributed by atoms with Gasteiger partial charge in [-0.05, 0) is 28.6 Å². The Morgan fingerprint density at radius 1 is 1.59 bits per heavy atom. The molecule has 2 aromatic rings. The predicted molar refractivity (Wildman–Crippen MR) is 71.9 cm³/mol. The van der Waals surface area contributed by atoms with Gasteiger partial charge in [0.15, 0.2) is 0 Å². The van der Waals surface area contributed by atoms with Crippen LogP contribution >= 0.6 is 34.6 Å². The number of amides is 2. The molecule has 0 aromatic carbocycles. The molecule has 90 valence electrons. The van der Waals surface area contributed by atoms with Crippen molar-refractivity contribution in [1.29, 1.82) is 0 Å². The van der Waals surface area contributed by atoms with Crippen LogP contribution in [0.3, 0.4) is 0 Å². The summed E-state index contributed by atoms with van der Waals surface area (Å²) in [7, 11) is 0. The minimum atomic E-state index is -0.264. The summed E-state index contributed by atoms with van der Waals surface area (Å²) in [5, 5.41) is 10.5. The summed E-state index contributed by atoms with van der Waals surface area (Å²) < 4.78 is 4.05. The molecule has 2 N–H and O–H groups in total. The molecule has 0 aliphatic heterocycles. The highest BCUT2D eigenvalue weighted by atomic mass is 32.2. The minimum absolute atomic E-state index is 0.264. The summed E-state index contributed by atoms with van der Waals surface area (Å²) in [4.78, 5) is 15.6. The van der Waals surface area contributed by atoms with Gasteiger partial charge in [0, 0.05) is 18.1 Å². The van der Waals surface area contributed by atoms with Gasteiger partial charge in [0.2, 0.25) is 10.3 Å². The number of hydrogen-bond donors (Lipinski definition) is 2. The van der Waals surface area contributed by atoms with Crippen LogP contribution in [0.2, 0.25) is 0 Å². The number of nitrogens with zero attached hydrogens (tertiary/aromatic N) is 2. The predicted octanol–water partition coefficient (Wildman–Crippen LogP) is 2.64. The monoisotopic (exact) mass is 286 g/mol. The highest BCUT2D eigenvalue weighted by Crippen LogP contribution is 2.17. The van der Waals surface area contributed by atoms with Crippen LogP contribution in [0.1, 0.15) is 5.56 Å². The largest absolute Gasteiger partial charge is 0.334 e. The fourth-order valence-electron chi connectivity index (χ4n) is 1.06. The van der Waals surface area contributed by atoms with Crippen LogP contribution in [-0.4, -0.2) is 21.6 Å². The van der Waals surface area contributed by atoms with Gasteiger partial charge in [0.25, 0.3) is 0 Å². The van der Waals surface area contributed by atoms with E-state index in [0.29, 0.717) is 16.8 Å². The van der Waals surface area contributed by atoms with Crippen LogP contribution in [0.5, 0.6) is 0 Å². The molecule has 0 aliphatic rings. The Balaban J connectivity index is 1.81. The van der Waals surface area contributed by atoms with Crippen molar-refractivity contribution in [3.05, 3.63) is 22.4 Å². The van der Waals surface area contributed by atoms with Crippen molar-refractivity contribution in [3.8, 4) is 0 Å². The van der Waals surface area contributed by atoms with Gasteiger partial charge in [0.1, 0.15) is 0 Å². The molecule has 0 unspecified atom stereocenters. The van der Waals surface area contributed by atoms with E-state index < -0.39 is 0 Å². The average Bonchev–Trinajstić information content (AvgIpc) is 2.97. The van der Waals surface area contributed by atoms with E-state index in [9.17, 15) is 4.79 Å². The molecule has 0 saturated carbocycles. The molecule has 2 amide bonds. The quantitative estimate of drug-likeness (QED) is 0.848. The molecule has 2 heterocycles. The van der Waals surface area contributed by atoms with Crippen LogP contribution < -0.4 is 10.6 Å². The van der Waals surface area contributed by atoms with Gasteiger partial charge in [-0.3, -0.25) is 5.32 Å². The molecule has 0 fully saturated rings. The lowest BCUT2D eigenvalue weighted by atomic mass is 10.3. The summed E-state index contributed by atoms with van der Waals surface area (Å²) in [5.74, 6) is 0. The minimum Gasteiger partial charge on any atom is -0.334 e. The summed E-state index contributed by atoms with van der Waals surface area (Å²) in [6.07, 6.45) is 1.89. The van der Waals surface area contributed by atoms with E-state index in [1.807, 2.05) is 23.1 Å². The number of urea groups is 1. The van der Waals surface area contributed by atoms with E-state index in [1.54, 1.807) is 11.3 Å². The number of carbonyl (C=O) groups excluding carboxylic acids is 1. The molecule has 0 bridgehead atoms. The van der Waals surface area contributed by atoms with Crippen LogP contribution in [0, 0.1) is 0 Å². The van der Waals surface area contributed by atoms with Crippen LogP contribution in [0.15, 0.2) is 22.0 Å². The Morgan fingerprint density at radius 3 is 3.12 bits per heavy atom. The van der Waals surface area contributed by atoms with E-state index in [2.05, 4.69) is 20.0 Å². The number of nitrogens with one attached hydrogen (secondary N) is 2. The third-order valence-corrected chi connectivity index (χ3v) is 3.87. The smallest absolute Gasteiger partial charge is 0.321 e. The van der Waals surface area contributed by atoms with Crippen molar-refractivity contribution in [2.45, 2.75) is 11.7 Å². The number of aromatic nitrogens is 2. The van der Waals surface area contributed by atoms with Gasteiger partial charge >= 0.3 is 6.03 Å². The standard InChI is InChI=1S/C9H10N4OS3/c1-15-9-12-8(17-13-9)11-7(14)10-4-6-2-3-16-5-6/h2-3,5H,4H2,1H3,(H2,10,11,12,13,14). The number of anilines is 1. The Kier molecular flexibility index (Phi) is 4.35. The van der Waals surface area contributed by atoms with Crippen molar-refractivity contribution in [1.82, 2.24) is 14.7 Å². The molecule has 0 saturated heterocycles. The van der Waals surface area contributed by atoms with E-state index in [1.165, 1.54) is 23.3 Å². The number of thioether (sulfide) groups is 1. The van der Waals surface area contributed by atoms with E-state index in [0.717, 1.165) is 5.56 Å².